The summed E-state index contributed by atoms with van der Waals surface area (Å²) in [7, 11) is 0. The van der Waals surface area contributed by atoms with Gasteiger partial charge in [0.2, 0.25) is 5.91 Å². The van der Waals surface area contributed by atoms with E-state index in [-0.39, 0.29) is 43.6 Å². The van der Waals surface area contributed by atoms with Crippen molar-refractivity contribution in [1.82, 2.24) is 5.01 Å². The first-order valence-electron chi connectivity index (χ1n) is 9.62. The molecule has 1 aliphatic heterocycles. The van der Waals surface area contributed by atoms with Crippen molar-refractivity contribution >= 4 is 23.2 Å². The van der Waals surface area contributed by atoms with Gasteiger partial charge in [-0.3, -0.25) is 14.5 Å². The molecular weight excluding hydrogens is 385 g/mol. The van der Waals surface area contributed by atoms with Crippen LogP contribution in [0.25, 0.3) is 0 Å². The number of furan rings is 1. The third kappa shape index (κ3) is 4.46. The molecule has 152 valence electrons. The zero-order chi connectivity index (χ0) is 20.9. The van der Waals surface area contributed by atoms with Gasteiger partial charge in [-0.15, -0.1) is 0 Å². The minimum Gasteiger partial charge on any atom is -0.467 e. The number of benzene rings is 2. The van der Waals surface area contributed by atoms with Gasteiger partial charge in [-0.25, -0.2) is 9.40 Å². The van der Waals surface area contributed by atoms with Crippen molar-refractivity contribution in [3.63, 3.8) is 0 Å². The van der Waals surface area contributed by atoms with Gasteiger partial charge in [0.05, 0.1) is 19.4 Å². The number of anilines is 1. The van der Waals surface area contributed by atoms with E-state index in [0.717, 1.165) is 5.56 Å². The Balaban J connectivity index is 1.59. The summed E-state index contributed by atoms with van der Waals surface area (Å²) in [6, 6.07) is 18.7. The molecule has 0 fully saturated rings. The number of para-hydroxylation sites is 1. The Morgan fingerprint density at radius 3 is 2.50 bits per heavy atom. The molecule has 0 radical (unpaired) electrons. The van der Waals surface area contributed by atoms with Crippen molar-refractivity contribution in [2.75, 3.05) is 4.90 Å². The second-order valence-electron chi connectivity index (χ2n) is 6.93. The molecule has 2 amide bonds. The topological polar surface area (TPSA) is 66.1 Å². The van der Waals surface area contributed by atoms with E-state index in [9.17, 15) is 14.0 Å². The standard InChI is InChI=1S/C23H20FN3O3/c24-18-10-8-17(9-11-18)15-27-22(28)13-12-21(25-27)23(29)26(16-20-7-4-14-30-20)19-5-2-1-3-6-19/h1-11,14H,12-13,15-16H2. The number of carbonyl (C=O) groups excluding carboxylic acids is 2. The molecule has 2 heterocycles. The van der Waals surface area contributed by atoms with Crippen LogP contribution >= 0.6 is 0 Å². The number of hydrogen-bond donors (Lipinski definition) is 0. The van der Waals surface area contributed by atoms with E-state index in [1.165, 1.54) is 17.1 Å². The Bertz CT molecular complexity index is 1050. The van der Waals surface area contributed by atoms with Gasteiger partial charge in [-0.1, -0.05) is 30.3 Å². The Kier molecular flexibility index (Phi) is 5.70. The van der Waals surface area contributed by atoms with Crippen LogP contribution in [-0.2, 0) is 22.7 Å². The Labute approximate surface area is 173 Å². The smallest absolute Gasteiger partial charge is 0.274 e. The largest absolute Gasteiger partial charge is 0.467 e. The van der Waals surface area contributed by atoms with E-state index in [4.69, 9.17) is 4.42 Å². The van der Waals surface area contributed by atoms with E-state index in [2.05, 4.69) is 5.10 Å². The molecular formula is C23H20FN3O3. The first-order chi connectivity index (χ1) is 14.6. The molecule has 7 heteroatoms. The Morgan fingerprint density at radius 2 is 1.80 bits per heavy atom. The molecule has 1 aliphatic rings. The van der Waals surface area contributed by atoms with Gasteiger partial charge < -0.3 is 4.42 Å². The molecule has 0 N–H and O–H groups in total. The first-order valence-corrected chi connectivity index (χ1v) is 9.62. The maximum absolute atomic E-state index is 13.3. The summed E-state index contributed by atoms with van der Waals surface area (Å²) in [5.41, 5.74) is 1.74. The summed E-state index contributed by atoms with van der Waals surface area (Å²) < 4.78 is 18.6. The van der Waals surface area contributed by atoms with Crippen LogP contribution in [-0.4, -0.2) is 22.5 Å². The van der Waals surface area contributed by atoms with Crippen molar-refractivity contribution in [3.05, 3.63) is 90.1 Å². The summed E-state index contributed by atoms with van der Waals surface area (Å²) in [6.45, 7) is 0.431. The van der Waals surface area contributed by atoms with Crippen LogP contribution in [0.3, 0.4) is 0 Å². The molecule has 4 rings (SSSR count). The summed E-state index contributed by atoms with van der Waals surface area (Å²) >= 11 is 0. The molecule has 0 bridgehead atoms. The van der Waals surface area contributed by atoms with Gasteiger partial charge in [0.15, 0.2) is 0 Å². The van der Waals surface area contributed by atoms with E-state index in [1.807, 2.05) is 30.3 Å². The molecule has 6 nitrogen and oxygen atoms in total. The number of nitrogens with zero attached hydrogens (tertiary/aromatic N) is 3. The van der Waals surface area contributed by atoms with Gasteiger partial charge in [0, 0.05) is 18.5 Å². The van der Waals surface area contributed by atoms with Crippen LogP contribution in [0, 0.1) is 5.82 Å². The second kappa shape index (κ2) is 8.73. The van der Waals surface area contributed by atoms with Crippen LogP contribution in [0.15, 0.2) is 82.5 Å². The highest BCUT2D eigenvalue weighted by Gasteiger charge is 2.29. The maximum atomic E-state index is 13.3. The zero-order valence-corrected chi connectivity index (χ0v) is 16.2. The van der Waals surface area contributed by atoms with Gasteiger partial charge in [0.1, 0.15) is 17.3 Å². The summed E-state index contributed by atoms with van der Waals surface area (Å²) in [5.74, 6) is -0.162. The molecule has 1 aromatic heterocycles. The Morgan fingerprint density at radius 1 is 1.03 bits per heavy atom. The number of rotatable bonds is 6. The highest BCUT2D eigenvalue weighted by Crippen LogP contribution is 2.21. The molecule has 0 unspecified atom stereocenters. The van der Waals surface area contributed by atoms with Gasteiger partial charge >= 0.3 is 0 Å². The van der Waals surface area contributed by atoms with Crippen LogP contribution in [0.5, 0.6) is 0 Å². The predicted octanol–water partition coefficient (Wildman–Crippen LogP) is 4.13. The molecule has 0 saturated heterocycles. The number of hydrazone groups is 1. The molecule has 2 aromatic carbocycles. The summed E-state index contributed by atoms with van der Waals surface area (Å²) in [5, 5.41) is 5.62. The highest BCUT2D eigenvalue weighted by molar-refractivity contribution is 6.44. The lowest BCUT2D eigenvalue weighted by atomic mass is 10.1. The quantitative estimate of drug-likeness (QED) is 0.619. The molecule has 0 atom stereocenters. The van der Waals surface area contributed by atoms with E-state index in [0.29, 0.717) is 17.2 Å². The van der Waals surface area contributed by atoms with Gasteiger partial charge in [-0.2, -0.15) is 5.10 Å². The number of halogens is 1. The zero-order valence-electron chi connectivity index (χ0n) is 16.2. The number of hydrogen-bond acceptors (Lipinski definition) is 4. The van der Waals surface area contributed by atoms with E-state index in [1.54, 1.807) is 35.4 Å². The van der Waals surface area contributed by atoms with Crippen molar-refractivity contribution in [2.45, 2.75) is 25.9 Å². The molecule has 0 aliphatic carbocycles. The second-order valence-corrected chi connectivity index (χ2v) is 6.93. The monoisotopic (exact) mass is 405 g/mol. The average Bonchev–Trinajstić information content (AvgIpc) is 3.29. The third-order valence-corrected chi connectivity index (χ3v) is 4.80. The van der Waals surface area contributed by atoms with Crippen LogP contribution in [0.1, 0.15) is 24.2 Å². The van der Waals surface area contributed by atoms with E-state index < -0.39 is 0 Å². The molecule has 30 heavy (non-hydrogen) atoms. The molecule has 3 aromatic rings. The number of carbonyl (C=O) groups is 2. The normalized spacial score (nSPS) is 13.8. The minimum atomic E-state index is -0.348. The van der Waals surface area contributed by atoms with Crippen molar-refractivity contribution in [2.24, 2.45) is 5.10 Å². The van der Waals surface area contributed by atoms with Gasteiger partial charge in [-0.05, 0) is 42.0 Å². The van der Waals surface area contributed by atoms with Crippen molar-refractivity contribution < 1.29 is 18.4 Å². The van der Waals surface area contributed by atoms with Crippen molar-refractivity contribution in [3.8, 4) is 0 Å². The first kappa shape index (κ1) is 19.6. The number of amides is 2. The van der Waals surface area contributed by atoms with Crippen LogP contribution in [0.2, 0.25) is 0 Å². The van der Waals surface area contributed by atoms with Crippen LogP contribution < -0.4 is 4.90 Å². The average molecular weight is 405 g/mol. The lowest BCUT2D eigenvalue weighted by Gasteiger charge is -2.27. The molecule has 0 saturated carbocycles. The minimum absolute atomic E-state index is 0.173. The lowest BCUT2D eigenvalue weighted by molar-refractivity contribution is -0.132. The van der Waals surface area contributed by atoms with Gasteiger partial charge in [0.25, 0.3) is 5.91 Å². The van der Waals surface area contributed by atoms with Crippen molar-refractivity contribution in [1.29, 1.82) is 0 Å². The summed E-state index contributed by atoms with van der Waals surface area (Å²) in [4.78, 5) is 27.3. The van der Waals surface area contributed by atoms with Crippen LogP contribution in [0.4, 0.5) is 10.1 Å². The Hall–Kier alpha value is -3.74. The maximum Gasteiger partial charge on any atom is 0.274 e. The fourth-order valence-corrected chi connectivity index (χ4v) is 3.24. The lowest BCUT2D eigenvalue weighted by Crippen LogP contribution is -2.41. The molecule has 0 spiro atoms. The third-order valence-electron chi connectivity index (χ3n) is 4.80. The fourth-order valence-electron chi connectivity index (χ4n) is 3.24. The van der Waals surface area contributed by atoms with E-state index >= 15 is 0 Å². The highest BCUT2D eigenvalue weighted by atomic mass is 19.1. The fraction of sp³-hybridized carbons (Fsp3) is 0.174. The SMILES string of the molecule is O=C1CCC(C(=O)N(Cc2ccco2)c2ccccc2)=NN1Cc1ccc(F)cc1. The predicted molar refractivity (Wildman–Crippen MR) is 110 cm³/mol. The summed E-state index contributed by atoms with van der Waals surface area (Å²) in [6.07, 6.45) is 2.01.